The Bertz CT molecular complexity index is 987. The first-order valence-corrected chi connectivity index (χ1v) is 9.65. The Morgan fingerprint density at radius 2 is 1.88 bits per heavy atom. The fourth-order valence-corrected chi connectivity index (χ4v) is 5.02. The van der Waals surface area contributed by atoms with E-state index in [9.17, 15) is 8.42 Å². The molecule has 7 heteroatoms. The van der Waals surface area contributed by atoms with Crippen molar-refractivity contribution in [3.8, 4) is 10.6 Å². The minimum atomic E-state index is -3.61. The van der Waals surface area contributed by atoms with E-state index in [1.165, 1.54) is 15.6 Å². The number of nitrogens with zero attached hydrogens (tertiary/aromatic N) is 2. The van der Waals surface area contributed by atoms with Crippen LogP contribution in [0.4, 0.5) is 5.69 Å². The smallest absolute Gasteiger partial charge is 0.273 e. The Morgan fingerprint density at radius 1 is 1.12 bits per heavy atom. The molecule has 0 unspecified atom stereocenters. The summed E-state index contributed by atoms with van der Waals surface area (Å²) in [6.07, 6.45) is 0. The molecule has 0 radical (unpaired) electrons. The van der Waals surface area contributed by atoms with Gasteiger partial charge in [0.1, 0.15) is 4.21 Å². The molecule has 24 heavy (non-hydrogen) atoms. The molecule has 5 nitrogen and oxygen atoms in total. The zero-order valence-corrected chi connectivity index (χ0v) is 15.5. The molecule has 0 amide bonds. The van der Waals surface area contributed by atoms with Crippen molar-refractivity contribution in [2.24, 2.45) is 0 Å². The van der Waals surface area contributed by atoms with Crippen molar-refractivity contribution in [2.75, 3.05) is 11.4 Å². The van der Waals surface area contributed by atoms with Gasteiger partial charge in [-0.05, 0) is 50.6 Å². The fraction of sp³-hybridized carbons (Fsp3) is 0.235. The molecule has 0 saturated heterocycles. The summed E-state index contributed by atoms with van der Waals surface area (Å²) in [4.78, 5) is 0.754. The van der Waals surface area contributed by atoms with Gasteiger partial charge in [0.2, 0.25) is 0 Å². The molecule has 2 heterocycles. The van der Waals surface area contributed by atoms with E-state index in [-0.39, 0.29) is 4.21 Å². The highest BCUT2D eigenvalue weighted by molar-refractivity contribution is 7.94. The first kappa shape index (κ1) is 16.7. The molecule has 0 fully saturated rings. The van der Waals surface area contributed by atoms with Crippen LogP contribution in [0.1, 0.15) is 16.8 Å². The Morgan fingerprint density at radius 3 is 2.50 bits per heavy atom. The standard InChI is InChI=1S/C17H18N2O3S2/c1-11-6-5-7-14(10-11)19(4)24(20,21)16-9-8-15(23-16)17-12(2)13(3)18-22-17/h5-10H,1-4H3. The molecule has 0 aliphatic heterocycles. The van der Waals surface area contributed by atoms with Crippen LogP contribution in [0.2, 0.25) is 0 Å². The second-order valence-electron chi connectivity index (χ2n) is 5.65. The summed E-state index contributed by atoms with van der Waals surface area (Å²) in [5.74, 6) is 0.622. The first-order chi connectivity index (χ1) is 11.3. The Balaban J connectivity index is 1.98. The van der Waals surface area contributed by atoms with E-state index in [0.717, 1.165) is 21.7 Å². The number of hydrogen-bond acceptors (Lipinski definition) is 5. The summed E-state index contributed by atoms with van der Waals surface area (Å²) >= 11 is 1.18. The van der Waals surface area contributed by atoms with Crippen molar-refractivity contribution in [1.82, 2.24) is 5.16 Å². The van der Waals surface area contributed by atoms with Crippen LogP contribution >= 0.6 is 11.3 Å². The molecule has 126 valence electrons. The van der Waals surface area contributed by atoms with Gasteiger partial charge in [-0.3, -0.25) is 4.31 Å². The van der Waals surface area contributed by atoms with Crippen LogP contribution in [0.25, 0.3) is 10.6 Å². The number of aromatic nitrogens is 1. The summed E-state index contributed by atoms with van der Waals surface area (Å²) in [5, 5.41) is 3.93. The predicted molar refractivity (Wildman–Crippen MR) is 96.1 cm³/mol. The van der Waals surface area contributed by atoms with Crippen LogP contribution in [0.5, 0.6) is 0 Å². The van der Waals surface area contributed by atoms with Gasteiger partial charge in [-0.25, -0.2) is 8.42 Å². The zero-order valence-electron chi connectivity index (χ0n) is 13.9. The molecule has 0 bridgehead atoms. The van der Waals surface area contributed by atoms with E-state index in [2.05, 4.69) is 5.16 Å². The fourth-order valence-electron chi connectivity index (χ4n) is 2.32. The quantitative estimate of drug-likeness (QED) is 0.699. The molecule has 0 saturated carbocycles. The SMILES string of the molecule is Cc1cccc(N(C)S(=O)(=O)c2ccc(-c3onc(C)c3C)s2)c1. The van der Waals surface area contributed by atoms with Gasteiger partial charge in [0.15, 0.2) is 5.76 Å². The maximum atomic E-state index is 12.9. The minimum absolute atomic E-state index is 0.273. The molecule has 0 aliphatic rings. The second kappa shape index (κ2) is 6.07. The van der Waals surface area contributed by atoms with Gasteiger partial charge < -0.3 is 4.52 Å². The summed E-state index contributed by atoms with van der Waals surface area (Å²) in [6.45, 7) is 5.70. The van der Waals surface area contributed by atoms with Crippen LogP contribution in [0.3, 0.4) is 0 Å². The Hall–Kier alpha value is -2.12. The number of sulfonamides is 1. The van der Waals surface area contributed by atoms with Gasteiger partial charge in [0.05, 0.1) is 16.3 Å². The highest BCUT2D eigenvalue weighted by Gasteiger charge is 2.25. The topological polar surface area (TPSA) is 63.4 Å². The van der Waals surface area contributed by atoms with Gasteiger partial charge in [0.25, 0.3) is 10.0 Å². The predicted octanol–water partition coefficient (Wildman–Crippen LogP) is 4.15. The normalized spacial score (nSPS) is 11.7. The minimum Gasteiger partial charge on any atom is -0.355 e. The van der Waals surface area contributed by atoms with Crippen molar-refractivity contribution >= 4 is 27.0 Å². The molecule has 1 aromatic carbocycles. The third kappa shape index (κ3) is 2.85. The van der Waals surface area contributed by atoms with E-state index in [1.54, 1.807) is 25.2 Å². The highest BCUT2D eigenvalue weighted by Crippen LogP contribution is 2.35. The van der Waals surface area contributed by atoms with E-state index >= 15 is 0 Å². The van der Waals surface area contributed by atoms with Crippen molar-refractivity contribution in [1.29, 1.82) is 0 Å². The van der Waals surface area contributed by atoms with Crippen LogP contribution in [0, 0.1) is 20.8 Å². The van der Waals surface area contributed by atoms with Gasteiger partial charge in [-0.1, -0.05) is 17.3 Å². The van der Waals surface area contributed by atoms with E-state index in [4.69, 9.17) is 4.52 Å². The van der Waals surface area contributed by atoms with Crippen molar-refractivity contribution in [2.45, 2.75) is 25.0 Å². The number of aryl methyl sites for hydroxylation is 2. The van der Waals surface area contributed by atoms with Gasteiger partial charge in [-0.15, -0.1) is 11.3 Å². The van der Waals surface area contributed by atoms with E-state index < -0.39 is 10.0 Å². The average Bonchev–Trinajstić information content (AvgIpc) is 3.15. The average molecular weight is 362 g/mol. The maximum Gasteiger partial charge on any atom is 0.273 e. The summed E-state index contributed by atoms with van der Waals surface area (Å²) in [5.41, 5.74) is 3.37. The number of hydrogen-bond donors (Lipinski definition) is 0. The van der Waals surface area contributed by atoms with Crippen molar-refractivity contribution in [3.05, 3.63) is 53.2 Å². The Labute approximate surface area is 145 Å². The van der Waals surface area contributed by atoms with Crippen molar-refractivity contribution in [3.63, 3.8) is 0 Å². The lowest BCUT2D eigenvalue weighted by Gasteiger charge is -2.18. The molecular weight excluding hydrogens is 344 g/mol. The molecule has 3 rings (SSSR count). The number of thiophene rings is 1. The summed E-state index contributed by atoms with van der Waals surface area (Å²) in [7, 11) is -2.05. The Kier molecular flexibility index (Phi) is 4.23. The molecule has 3 aromatic rings. The second-order valence-corrected chi connectivity index (χ2v) is 8.93. The molecule has 0 N–H and O–H groups in total. The lowest BCUT2D eigenvalue weighted by atomic mass is 10.2. The first-order valence-electron chi connectivity index (χ1n) is 7.39. The van der Waals surface area contributed by atoms with Gasteiger partial charge >= 0.3 is 0 Å². The maximum absolute atomic E-state index is 12.9. The number of rotatable bonds is 4. The lowest BCUT2D eigenvalue weighted by molar-refractivity contribution is 0.427. The largest absolute Gasteiger partial charge is 0.355 e. The van der Waals surface area contributed by atoms with Crippen molar-refractivity contribution < 1.29 is 12.9 Å². The number of anilines is 1. The molecule has 0 aliphatic carbocycles. The van der Waals surface area contributed by atoms with Crippen LogP contribution in [-0.2, 0) is 10.0 Å². The number of benzene rings is 1. The van der Waals surface area contributed by atoms with Crippen LogP contribution in [0.15, 0.2) is 45.1 Å². The molecule has 2 aromatic heterocycles. The third-order valence-electron chi connectivity index (χ3n) is 3.94. The highest BCUT2D eigenvalue weighted by atomic mass is 32.2. The zero-order chi connectivity index (χ0) is 17.5. The molecule has 0 atom stereocenters. The summed E-state index contributed by atoms with van der Waals surface area (Å²) in [6, 6.07) is 10.8. The van der Waals surface area contributed by atoms with Crippen LogP contribution < -0.4 is 4.31 Å². The van der Waals surface area contributed by atoms with Crippen LogP contribution in [-0.4, -0.2) is 20.6 Å². The van der Waals surface area contributed by atoms with E-state index in [0.29, 0.717) is 11.4 Å². The summed E-state index contributed by atoms with van der Waals surface area (Å²) < 4.78 is 32.6. The van der Waals surface area contributed by atoms with Gasteiger partial charge in [-0.2, -0.15) is 0 Å². The molecule has 0 spiro atoms. The lowest BCUT2D eigenvalue weighted by Crippen LogP contribution is -2.25. The third-order valence-corrected chi connectivity index (χ3v) is 7.28. The monoisotopic (exact) mass is 362 g/mol. The van der Waals surface area contributed by atoms with E-state index in [1.807, 2.05) is 39.0 Å². The van der Waals surface area contributed by atoms with Gasteiger partial charge in [0, 0.05) is 12.6 Å². The molecular formula is C17H18N2O3S2.